The first-order valence-electron chi connectivity index (χ1n) is 5.55. The Morgan fingerprint density at radius 1 is 1.53 bits per heavy atom. The van der Waals surface area contributed by atoms with Gasteiger partial charge in [0.25, 0.3) is 0 Å². The molecule has 0 atom stereocenters. The van der Waals surface area contributed by atoms with Gasteiger partial charge in [-0.15, -0.1) is 0 Å². The van der Waals surface area contributed by atoms with Crippen LogP contribution in [0.1, 0.15) is 29.3 Å². The van der Waals surface area contributed by atoms with Gasteiger partial charge in [0.2, 0.25) is 5.91 Å². The van der Waals surface area contributed by atoms with Gasteiger partial charge in [-0.25, -0.2) is 0 Å². The van der Waals surface area contributed by atoms with E-state index in [1.807, 2.05) is 19.1 Å². The maximum atomic E-state index is 10.9. The minimum Gasteiger partial charge on any atom is -0.366 e. The monoisotopic (exact) mass is 252 g/mol. The molecule has 0 heterocycles. The Kier molecular flexibility index (Phi) is 5.73. The lowest BCUT2D eigenvalue weighted by Gasteiger charge is -2.06. The number of carbonyl (C=O) groups excluding carboxylic acids is 1. The number of allylic oxidation sites excluding steroid dienone is 1. The Morgan fingerprint density at radius 3 is 2.88 bits per heavy atom. The van der Waals surface area contributed by atoms with Crippen molar-refractivity contribution in [2.24, 2.45) is 5.73 Å². The van der Waals surface area contributed by atoms with E-state index in [1.54, 1.807) is 12.1 Å². The van der Waals surface area contributed by atoms with Crippen molar-refractivity contribution in [3.8, 4) is 0 Å². The zero-order valence-electron chi connectivity index (χ0n) is 9.87. The molecule has 4 heteroatoms. The molecular formula is C13H17ClN2O. The van der Waals surface area contributed by atoms with Crippen molar-refractivity contribution >= 4 is 17.5 Å². The van der Waals surface area contributed by atoms with Crippen LogP contribution in [0.15, 0.2) is 30.4 Å². The molecule has 0 saturated carbocycles. The number of hydrogen-bond acceptors (Lipinski definition) is 2. The fraction of sp³-hybridized carbons (Fsp3) is 0.308. The SMILES string of the molecule is C/C=C/CCNCc1ccc(C(N)=O)cc1Cl. The summed E-state index contributed by atoms with van der Waals surface area (Å²) in [4.78, 5) is 10.9. The topological polar surface area (TPSA) is 55.1 Å². The minimum atomic E-state index is -0.459. The first-order valence-corrected chi connectivity index (χ1v) is 5.93. The molecule has 0 spiro atoms. The Balaban J connectivity index is 2.52. The van der Waals surface area contributed by atoms with E-state index in [1.165, 1.54) is 0 Å². The van der Waals surface area contributed by atoms with Gasteiger partial charge in [-0.3, -0.25) is 4.79 Å². The normalized spacial score (nSPS) is 10.9. The molecule has 0 fully saturated rings. The van der Waals surface area contributed by atoms with Crippen LogP contribution in [0.2, 0.25) is 5.02 Å². The molecule has 1 rings (SSSR count). The Labute approximate surface area is 107 Å². The average Bonchev–Trinajstić information content (AvgIpc) is 2.30. The van der Waals surface area contributed by atoms with Gasteiger partial charge in [0.1, 0.15) is 0 Å². The quantitative estimate of drug-likeness (QED) is 0.604. The summed E-state index contributed by atoms with van der Waals surface area (Å²) in [6.45, 7) is 3.59. The number of nitrogens with two attached hydrogens (primary N) is 1. The van der Waals surface area contributed by atoms with Crippen LogP contribution in [-0.4, -0.2) is 12.5 Å². The van der Waals surface area contributed by atoms with Crippen molar-refractivity contribution in [3.63, 3.8) is 0 Å². The zero-order chi connectivity index (χ0) is 12.7. The summed E-state index contributed by atoms with van der Waals surface area (Å²) >= 11 is 6.05. The largest absolute Gasteiger partial charge is 0.366 e. The molecule has 3 N–H and O–H groups in total. The van der Waals surface area contributed by atoms with E-state index >= 15 is 0 Å². The van der Waals surface area contributed by atoms with E-state index in [0.29, 0.717) is 17.1 Å². The van der Waals surface area contributed by atoms with Crippen molar-refractivity contribution in [3.05, 3.63) is 46.5 Å². The smallest absolute Gasteiger partial charge is 0.248 e. The molecule has 0 aliphatic rings. The van der Waals surface area contributed by atoms with Gasteiger partial charge in [-0.05, 0) is 37.6 Å². The third-order valence-corrected chi connectivity index (χ3v) is 2.73. The molecular weight excluding hydrogens is 236 g/mol. The third-order valence-electron chi connectivity index (χ3n) is 2.38. The number of amides is 1. The molecule has 1 amide bonds. The first-order chi connectivity index (χ1) is 8.15. The Bertz CT molecular complexity index is 416. The van der Waals surface area contributed by atoms with Gasteiger partial charge in [0, 0.05) is 17.1 Å². The molecule has 0 radical (unpaired) electrons. The number of halogens is 1. The summed E-state index contributed by atoms with van der Waals surface area (Å²) in [7, 11) is 0. The first kappa shape index (κ1) is 13.7. The molecule has 1 aromatic rings. The highest BCUT2D eigenvalue weighted by molar-refractivity contribution is 6.31. The van der Waals surface area contributed by atoms with Crippen LogP contribution in [0.4, 0.5) is 0 Å². The summed E-state index contributed by atoms with van der Waals surface area (Å²) in [5.74, 6) is -0.459. The van der Waals surface area contributed by atoms with Crippen LogP contribution in [0.5, 0.6) is 0 Å². The van der Waals surface area contributed by atoms with Gasteiger partial charge in [0.05, 0.1) is 0 Å². The number of hydrogen-bond donors (Lipinski definition) is 2. The standard InChI is InChI=1S/C13H17ClN2O/c1-2-3-4-7-16-9-11-6-5-10(13(15)17)8-12(11)14/h2-3,5-6,8,16H,4,7,9H2,1H3,(H2,15,17)/b3-2+. The number of benzene rings is 1. The van der Waals surface area contributed by atoms with Crippen molar-refractivity contribution < 1.29 is 4.79 Å². The predicted octanol–water partition coefficient (Wildman–Crippen LogP) is 2.49. The molecule has 0 aliphatic heterocycles. The summed E-state index contributed by atoms with van der Waals surface area (Å²) in [6, 6.07) is 5.12. The molecule has 17 heavy (non-hydrogen) atoms. The predicted molar refractivity (Wildman–Crippen MR) is 71.1 cm³/mol. The molecule has 0 bridgehead atoms. The van der Waals surface area contributed by atoms with E-state index in [2.05, 4.69) is 11.4 Å². The van der Waals surface area contributed by atoms with E-state index in [-0.39, 0.29) is 0 Å². The van der Waals surface area contributed by atoms with Crippen LogP contribution in [0.25, 0.3) is 0 Å². The Hall–Kier alpha value is -1.32. The second-order valence-electron chi connectivity index (χ2n) is 3.70. The molecule has 0 saturated heterocycles. The summed E-state index contributed by atoms with van der Waals surface area (Å²) in [5, 5.41) is 3.84. The van der Waals surface area contributed by atoms with Gasteiger partial charge < -0.3 is 11.1 Å². The van der Waals surface area contributed by atoms with Gasteiger partial charge in [0.15, 0.2) is 0 Å². The van der Waals surface area contributed by atoms with E-state index in [0.717, 1.165) is 18.5 Å². The van der Waals surface area contributed by atoms with Crippen molar-refractivity contribution in [2.75, 3.05) is 6.54 Å². The molecule has 3 nitrogen and oxygen atoms in total. The molecule has 0 unspecified atom stereocenters. The van der Waals surface area contributed by atoms with Crippen LogP contribution in [0, 0.1) is 0 Å². The summed E-state index contributed by atoms with van der Waals surface area (Å²) in [6.07, 6.45) is 5.12. The number of primary amides is 1. The lowest BCUT2D eigenvalue weighted by Crippen LogP contribution is -2.15. The third kappa shape index (κ3) is 4.59. The van der Waals surface area contributed by atoms with Crippen LogP contribution < -0.4 is 11.1 Å². The van der Waals surface area contributed by atoms with Gasteiger partial charge >= 0.3 is 0 Å². The summed E-state index contributed by atoms with van der Waals surface area (Å²) in [5.41, 5.74) is 6.57. The van der Waals surface area contributed by atoms with E-state index < -0.39 is 5.91 Å². The number of rotatable bonds is 6. The Morgan fingerprint density at radius 2 is 2.29 bits per heavy atom. The second-order valence-corrected chi connectivity index (χ2v) is 4.11. The van der Waals surface area contributed by atoms with Crippen molar-refractivity contribution in [2.45, 2.75) is 19.9 Å². The summed E-state index contributed by atoms with van der Waals surface area (Å²) < 4.78 is 0. The fourth-order valence-corrected chi connectivity index (χ4v) is 1.67. The maximum Gasteiger partial charge on any atom is 0.248 e. The van der Waals surface area contributed by atoms with E-state index in [9.17, 15) is 4.79 Å². The maximum absolute atomic E-state index is 10.9. The molecule has 0 aliphatic carbocycles. The minimum absolute atomic E-state index is 0.438. The molecule has 1 aromatic carbocycles. The van der Waals surface area contributed by atoms with Crippen LogP contribution >= 0.6 is 11.6 Å². The number of carbonyl (C=O) groups is 1. The lowest BCUT2D eigenvalue weighted by molar-refractivity contribution is 0.100. The van der Waals surface area contributed by atoms with E-state index in [4.69, 9.17) is 17.3 Å². The number of nitrogens with one attached hydrogen (secondary N) is 1. The van der Waals surface area contributed by atoms with Gasteiger partial charge in [-0.2, -0.15) is 0 Å². The average molecular weight is 253 g/mol. The van der Waals surface area contributed by atoms with Crippen LogP contribution in [-0.2, 0) is 6.54 Å². The second kappa shape index (κ2) is 7.09. The van der Waals surface area contributed by atoms with Gasteiger partial charge in [-0.1, -0.05) is 29.8 Å². The highest BCUT2D eigenvalue weighted by Gasteiger charge is 2.04. The highest BCUT2D eigenvalue weighted by atomic mass is 35.5. The van der Waals surface area contributed by atoms with Crippen molar-refractivity contribution in [1.82, 2.24) is 5.32 Å². The van der Waals surface area contributed by atoms with Crippen molar-refractivity contribution in [1.29, 1.82) is 0 Å². The fourth-order valence-electron chi connectivity index (χ4n) is 1.42. The molecule has 92 valence electrons. The molecule has 0 aromatic heterocycles. The highest BCUT2D eigenvalue weighted by Crippen LogP contribution is 2.17. The lowest BCUT2D eigenvalue weighted by atomic mass is 10.1. The zero-order valence-corrected chi connectivity index (χ0v) is 10.6. The van der Waals surface area contributed by atoms with Crippen LogP contribution in [0.3, 0.4) is 0 Å².